The lowest BCUT2D eigenvalue weighted by atomic mass is 9.72. The predicted octanol–water partition coefficient (Wildman–Crippen LogP) is 5.35. The number of carbonyl (C=O) groups is 1. The number of hydrogen-bond donors (Lipinski definition) is 2. The van der Waals surface area contributed by atoms with E-state index in [1.54, 1.807) is 27.2 Å². The Bertz CT molecular complexity index is 1770. The Hall–Kier alpha value is -2.31. The molecule has 8 rings (SSSR count). The van der Waals surface area contributed by atoms with Crippen molar-refractivity contribution in [2.24, 2.45) is 23.7 Å². The molecule has 1 unspecified atom stereocenters. The lowest BCUT2D eigenvalue weighted by Crippen LogP contribution is -2.56. The van der Waals surface area contributed by atoms with Crippen LogP contribution in [-0.4, -0.2) is 134 Å². The topological polar surface area (TPSA) is 162 Å². The van der Waals surface area contributed by atoms with Crippen LogP contribution in [-0.2, 0) is 56.9 Å². The minimum atomic E-state index is -1.77. The second-order valence-corrected chi connectivity index (χ2v) is 19.0. The molecule has 1 aliphatic carbocycles. The van der Waals surface area contributed by atoms with Gasteiger partial charge in [0.1, 0.15) is 30.3 Å². The summed E-state index contributed by atoms with van der Waals surface area (Å²) in [6, 6.07) is 0. The van der Waals surface area contributed by atoms with Crippen molar-refractivity contribution < 1.29 is 67.1 Å². The van der Waals surface area contributed by atoms with Gasteiger partial charge in [-0.2, -0.15) is 0 Å². The third-order valence-electron chi connectivity index (χ3n) is 14.3. The van der Waals surface area contributed by atoms with Crippen molar-refractivity contribution in [3.8, 4) is 0 Å². The number of fused-ring (bicyclic) bond motifs is 2. The standard InChI is InChI=1S/C47H68O14/c1-24(2)40-27(5)16-17-45(60-40)22-33-19-32(59-45)15-14-26(4)41(57-38-21-36(52-10)42(30(8)55-38)58-37-20-35(51-9)39(48)29(7)54-37)25(3)12-11-13-31-23-53-47-43(61-47)28(6)18-34(44(49)56-33)46(31,47)50/h11-14,16-18,24-25,27,29-30,32-43,48,50H,15,19-23H2,1-10H3/b12-11+,26-14+,31-13+/t25-,27-,29-,30-,32+,33-,34-,35-,36-,37-,38-,39-,40+,41-,42-,43+,45+,46+,47?/m0/s1. The molecule has 0 radical (unpaired) electrons. The van der Waals surface area contributed by atoms with Gasteiger partial charge in [0.15, 0.2) is 24.0 Å². The summed E-state index contributed by atoms with van der Waals surface area (Å²) < 4.78 is 69.9. The minimum absolute atomic E-state index is 0.0924. The van der Waals surface area contributed by atoms with Gasteiger partial charge in [-0.05, 0) is 62.8 Å². The summed E-state index contributed by atoms with van der Waals surface area (Å²) >= 11 is 0. The lowest BCUT2D eigenvalue weighted by Gasteiger charge is -2.48. The molecule has 61 heavy (non-hydrogen) atoms. The highest BCUT2D eigenvalue weighted by molar-refractivity contribution is 5.79. The van der Waals surface area contributed by atoms with Crippen molar-refractivity contribution >= 4 is 5.97 Å². The molecule has 0 aromatic heterocycles. The van der Waals surface area contributed by atoms with E-state index in [1.165, 1.54) is 0 Å². The number of hydrogen-bond acceptors (Lipinski definition) is 14. The molecular formula is C47H68O14. The van der Waals surface area contributed by atoms with Crippen LogP contribution >= 0.6 is 0 Å². The molecule has 2 spiro atoms. The van der Waals surface area contributed by atoms with E-state index in [2.05, 4.69) is 46.8 Å². The summed E-state index contributed by atoms with van der Waals surface area (Å²) in [5.74, 6) is -3.79. The maximum atomic E-state index is 14.4. The van der Waals surface area contributed by atoms with Gasteiger partial charge in [-0.1, -0.05) is 64.2 Å². The molecular weight excluding hydrogens is 789 g/mol. The Kier molecular flexibility index (Phi) is 13.0. The van der Waals surface area contributed by atoms with E-state index in [9.17, 15) is 15.0 Å². The van der Waals surface area contributed by atoms with Crippen LogP contribution in [0.1, 0.15) is 87.5 Å². The Morgan fingerprint density at radius 1 is 0.852 bits per heavy atom. The van der Waals surface area contributed by atoms with Gasteiger partial charge in [0.2, 0.25) is 5.79 Å². The smallest absolute Gasteiger partial charge is 0.316 e. The Balaban J connectivity index is 1.08. The van der Waals surface area contributed by atoms with Crippen molar-refractivity contribution in [3.63, 3.8) is 0 Å². The summed E-state index contributed by atoms with van der Waals surface area (Å²) in [6.45, 7) is 16.3. The van der Waals surface area contributed by atoms with Gasteiger partial charge in [0.05, 0.1) is 49.3 Å². The summed E-state index contributed by atoms with van der Waals surface area (Å²) in [6.07, 6.45) is 9.84. The van der Waals surface area contributed by atoms with Crippen LogP contribution in [0.4, 0.5) is 0 Å². The van der Waals surface area contributed by atoms with Crippen LogP contribution in [0.15, 0.2) is 59.3 Å². The molecule has 0 aromatic rings. The average molecular weight is 857 g/mol. The fraction of sp³-hybridized carbons (Fsp3) is 0.766. The van der Waals surface area contributed by atoms with Crippen LogP contribution in [0.25, 0.3) is 0 Å². The van der Waals surface area contributed by atoms with E-state index in [0.717, 1.165) is 11.1 Å². The molecule has 5 saturated heterocycles. The maximum absolute atomic E-state index is 14.4. The van der Waals surface area contributed by atoms with Gasteiger partial charge < -0.3 is 62.3 Å². The zero-order valence-electron chi connectivity index (χ0n) is 37.4. The first-order valence-electron chi connectivity index (χ1n) is 22.4. The number of ether oxygens (including phenoxy) is 11. The number of aliphatic hydroxyl groups is 2. The quantitative estimate of drug-likeness (QED) is 0.191. The fourth-order valence-electron chi connectivity index (χ4n) is 10.8. The van der Waals surface area contributed by atoms with Crippen molar-refractivity contribution in [3.05, 3.63) is 59.3 Å². The molecule has 5 fully saturated rings. The summed E-state index contributed by atoms with van der Waals surface area (Å²) in [5.41, 5.74) is 0.571. The zero-order chi connectivity index (χ0) is 43.6. The van der Waals surface area contributed by atoms with Crippen LogP contribution in [0.5, 0.6) is 0 Å². The molecule has 0 saturated carbocycles. The van der Waals surface area contributed by atoms with E-state index in [0.29, 0.717) is 37.7 Å². The molecule has 19 atom stereocenters. The van der Waals surface area contributed by atoms with Gasteiger partial charge >= 0.3 is 5.97 Å². The van der Waals surface area contributed by atoms with E-state index in [-0.39, 0.29) is 42.7 Å². The van der Waals surface area contributed by atoms with Gasteiger partial charge in [-0.25, -0.2) is 0 Å². The summed E-state index contributed by atoms with van der Waals surface area (Å²) in [7, 11) is 3.23. The van der Waals surface area contributed by atoms with Crippen molar-refractivity contribution in [2.75, 3.05) is 20.8 Å². The van der Waals surface area contributed by atoms with Crippen molar-refractivity contribution in [1.82, 2.24) is 0 Å². The third kappa shape index (κ3) is 8.43. The van der Waals surface area contributed by atoms with E-state index in [1.807, 2.05) is 38.2 Å². The predicted molar refractivity (Wildman–Crippen MR) is 220 cm³/mol. The van der Waals surface area contributed by atoms with Crippen LogP contribution in [0.2, 0.25) is 0 Å². The molecule has 8 aliphatic rings. The van der Waals surface area contributed by atoms with E-state index < -0.39 is 90.5 Å². The Morgan fingerprint density at radius 3 is 2.31 bits per heavy atom. The first-order chi connectivity index (χ1) is 29.0. The lowest BCUT2D eigenvalue weighted by molar-refractivity contribution is -0.318. The number of carbonyl (C=O) groups excluding carboxylic acids is 1. The SMILES string of the molecule is CO[C@H]1C[C@H](O[C@H]2[C@H](C)O[C@@H](O[C@@H]3/C(C)=C/C[C@@H]4C[C@@H](C[C@]5(C=C[C@H](C)[C@@H](C(C)C)O5)O4)OC(=O)[C@@H]4C=C(C)[C@H]5OC56OC/C(=C\C=C\[C@@H]3C)[C@@]46O)C[C@@H]2OC)O[C@@H](C)[C@@H]1O. The van der Waals surface area contributed by atoms with Crippen molar-refractivity contribution in [1.29, 1.82) is 0 Å². The monoisotopic (exact) mass is 856 g/mol. The minimum Gasteiger partial charge on any atom is -0.462 e. The van der Waals surface area contributed by atoms with Gasteiger partial charge in [-0.15, -0.1) is 0 Å². The number of allylic oxidation sites excluding steroid dienone is 2. The summed E-state index contributed by atoms with van der Waals surface area (Å²) in [5, 5.41) is 23.2. The first kappa shape index (κ1) is 45.3. The number of methoxy groups -OCH3 is 2. The van der Waals surface area contributed by atoms with E-state index in [4.69, 9.17) is 52.1 Å². The highest BCUT2D eigenvalue weighted by atomic mass is 16.8. The molecule has 7 aliphatic heterocycles. The van der Waals surface area contributed by atoms with Gasteiger partial charge in [0, 0.05) is 51.7 Å². The highest BCUT2D eigenvalue weighted by Gasteiger charge is 2.80. The maximum Gasteiger partial charge on any atom is 0.316 e. The molecule has 0 aromatic carbocycles. The Morgan fingerprint density at radius 2 is 1.57 bits per heavy atom. The number of aliphatic hydroxyl groups excluding tert-OH is 1. The molecule has 340 valence electrons. The fourth-order valence-corrected chi connectivity index (χ4v) is 10.8. The average Bonchev–Trinajstić information content (AvgIpc) is 3.91. The van der Waals surface area contributed by atoms with Gasteiger partial charge in [-0.3, -0.25) is 4.79 Å². The second-order valence-electron chi connectivity index (χ2n) is 19.0. The third-order valence-corrected chi connectivity index (χ3v) is 14.3. The first-order valence-corrected chi connectivity index (χ1v) is 22.4. The molecule has 0 amide bonds. The molecule has 14 nitrogen and oxygen atoms in total. The second kappa shape index (κ2) is 17.6. The van der Waals surface area contributed by atoms with E-state index >= 15 is 0 Å². The molecule has 2 bridgehead atoms. The van der Waals surface area contributed by atoms with Gasteiger partial charge in [0.25, 0.3) is 0 Å². The molecule has 7 heterocycles. The molecule has 14 heteroatoms. The van der Waals surface area contributed by atoms with Crippen LogP contribution < -0.4 is 0 Å². The Labute approximate surface area is 360 Å². The number of rotatable bonds is 7. The zero-order valence-corrected chi connectivity index (χ0v) is 37.4. The van der Waals surface area contributed by atoms with Crippen LogP contribution in [0.3, 0.4) is 0 Å². The number of epoxide rings is 1. The normalized spacial score (nSPS) is 51.0. The largest absolute Gasteiger partial charge is 0.462 e. The highest BCUT2D eigenvalue weighted by Crippen LogP contribution is 2.62. The van der Waals surface area contributed by atoms with Crippen LogP contribution in [0, 0.1) is 23.7 Å². The summed E-state index contributed by atoms with van der Waals surface area (Å²) in [4.78, 5) is 14.4. The molecule has 2 N–H and O–H groups in total. The number of esters is 1. The van der Waals surface area contributed by atoms with Crippen molar-refractivity contribution in [2.45, 2.75) is 184 Å².